The number of nitrogens with zero attached hydrogens (tertiary/aromatic N) is 1. The number of halogens is 1. The molecule has 0 N–H and O–H groups in total. The Labute approximate surface area is 138 Å². The first kappa shape index (κ1) is 15.8. The summed E-state index contributed by atoms with van der Waals surface area (Å²) in [7, 11) is -3.62. The van der Waals surface area contributed by atoms with Crippen molar-refractivity contribution in [3.05, 3.63) is 69.3 Å². The van der Waals surface area contributed by atoms with E-state index in [9.17, 15) is 13.2 Å². The second-order valence-electron chi connectivity index (χ2n) is 5.36. The third kappa shape index (κ3) is 2.66. The normalized spacial score (nSPS) is 11.8. The quantitative estimate of drug-likeness (QED) is 0.714. The van der Waals surface area contributed by atoms with Crippen molar-refractivity contribution >= 4 is 32.3 Å². The van der Waals surface area contributed by atoms with Gasteiger partial charge in [0.05, 0.1) is 5.52 Å². The van der Waals surface area contributed by atoms with E-state index >= 15 is 0 Å². The van der Waals surface area contributed by atoms with Crippen LogP contribution in [0.5, 0.6) is 0 Å². The highest BCUT2D eigenvalue weighted by atomic mass is 35.5. The standard InChI is InChI=1S/C17H14ClNO3S/c1-11-16(20)14-9-8-12(18)10-15(14)19(17(11)23(2,21)22)13-6-4-3-5-7-13/h3-10H,1-2H3. The van der Waals surface area contributed by atoms with Gasteiger partial charge >= 0.3 is 0 Å². The average Bonchev–Trinajstić information content (AvgIpc) is 2.50. The Kier molecular flexibility index (Phi) is 3.78. The van der Waals surface area contributed by atoms with Gasteiger partial charge in [0, 0.05) is 27.9 Å². The van der Waals surface area contributed by atoms with E-state index in [0.29, 0.717) is 21.6 Å². The third-order valence-electron chi connectivity index (χ3n) is 3.68. The van der Waals surface area contributed by atoms with E-state index < -0.39 is 9.84 Å². The predicted molar refractivity (Wildman–Crippen MR) is 92.4 cm³/mol. The fraction of sp³-hybridized carbons (Fsp3) is 0.118. The van der Waals surface area contributed by atoms with Gasteiger partial charge in [-0.1, -0.05) is 29.8 Å². The van der Waals surface area contributed by atoms with Gasteiger partial charge in [0.1, 0.15) is 5.03 Å². The highest BCUT2D eigenvalue weighted by Gasteiger charge is 2.22. The zero-order valence-corrected chi connectivity index (χ0v) is 14.1. The molecule has 0 aliphatic heterocycles. The van der Waals surface area contributed by atoms with Crippen LogP contribution in [0, 0.1) is 6.92 Å². The van der Waals surface area contributed by atoms with Gasteiger partial charge in [-0.15, -0.1) is 0 Å². The van der Waals surface area contributed by atoms with Crippen LogP contribution in [0.4, 0.5) is 0 Å². The molecule has 23 heavy (non-hydrogen) atoms. The number of rotatable bonds is 2. The summed E-state index contributed by atoms with van der Waals surface area (Å²) in [6.07, 6.45) is 1.10. The predicted octanol–water partition coefficient (Wildman–Crippen LogP) is 3.36. The molecule has 0 spiro atoms. The Morgan fingerprint density at radius 3 is 2.30 bits per heavy atom. The van der Waals surface area contributed by atoms with Gasteiger partial charge < -0.3 is 0 Å². The van der Waals surface area contributed by atoms with Crippen LogP contribution >= 0.6 is 11.6 Å². The van der Waals surface area contributed by atoms with Crippen LogP contribution in [0.1, 0.15) is 5.56 Å². The summed E-state index contributed by atoms with van der Waals surface area (Å²) >= 11 is 6.07. The molecule has 1 heterocycles. The van der Waals surface area contributed by atoms with E-state index in [1.165, 1.54) is 6.92 Å². The first-order chi connectivity index (χ1) is 10.8. The molecule has 3 aromatic rings. The maximum Gasteiger partial charge on any atom is 0.193 e. The Hall–Kier alpha value is -2.11. The van der Waals surface area contributed by atoms with Crippen LogP contribution in [0.25, 0.3) is 16.6 Å². The summed E-state index contributed by atoms with van der Waals surface area (Å²) in [4.78, 5) is 12.6. The molecule has 0 saturated heterocycles. The van der Waals surface area contributed by atoms with Crippen molar-refractivity contribution < 1.29 is 8.42 Å². The van der Waals surface area contributed by atoms with E-state index in [4.69, 9.17) is 11.6 Å². The van der Waals surface area contributed by atoms with E-state index in [0.717, 1.165) is 6.26 Å². The highest BCUT2D eigenvalue weighted by molar-refractivity contribution is 7.90. The number of hydrogen-bond acceptors (Lipinski definition) is 3. The summed E-state index contributed by atoms with van der Waals surface area (Å²) in [5.41, 5.74) is 1.03. The minimum Gasteiger partial charge on any atom is -0.300 e. The molecule has 0 unspecified atom stereocenters. The maximum atomic E-state index is 12.6. The van der Waals surface area contributed by atoms with Gasteiger partial charge in [0.25, 0.3) is 0 Å². The van der Waals surface area contributed by atoms with Crippen molar-refractivity contribution in [1.29, 1.82) is 0 Å². The van der Waals surface area contributed by atoms with Crippen molar-refractivity contribution in [3.8, 4) is 5.69 Å². The summed E-state index contributed by atoms with van der Waals surface area (Å²) in [5, 5.41) is 0.858. The lowest BCUT2D eigenvalue weighted by molar-refractivity contribution is 0.594. The number of para-hydroxylation sites is 1. The number of fused-ring (bicyclic) bond motifs is 1. The topological polar surface area (TPSA) is 56.1 Å². The molecule has 0 bridgehead atoms. The molecule has 0 aliphatic rings. The molecule has 6 heteroatoms. The molecule has 1 aromatic heterocycles. The van der Waals surface area contributed by atoms with Crippen molar-refractivity contribution in [2.45, 2.75) is 11.9 Å². The van der Waals surface area contributed by atoms with Gasteiger partial charge in [0.15, 0.2) is 15.3 Å². The number of benzene rings is 2. The molecule has 2 aromatic carbocycles. The molecule has 0 fully saturated rings. The highest BCUT2D eigenvalue weighted by Crippen LogP contribution is 2.26. The number of pyridine rings is 1. The van der Waals surface area contributed by atoms with E-state index in [1.807, 2.05) is 18.2 Å². The van der Waals surface area contributed by atoms with Gasteiger partial charge in [-0.25, -0.2) is 8.42 Å². The molecule has 0 atom stereocenters. The Bertz CT molecular complexity index is 1070. The van der Waals surface area contributed by atoms with Gasteiger partial charge in [-0.2, -0.15) is 0 Å². The number of aromatic nitrogens is 1. The smallest absolute Gasteiger partial charge is 0.193 e. The fourth-order valence-electron chi connectivity index (χ4n) is 2.74. The summed E-state index contributed by atoms with van der Waals surface area (Å²) in [6.45, 7) is 1.53. The van der Waals surface area contributed by atoms with Crippen molar-refractivity contribution in [2.24, 2.45) is 0 Å². The second kappa shape index (κ2) is 5.51. The fourth-order valence-corrected chi connectivity index (χ4v) is 4.09. The first-order valence-electron chi connectivity index (χ1n) is 6.91. The Balaban J connectivity index is 2.65. The molecule has 0 aliphatic carbocycles. The maximum absolute atomic E-state index is 12.6. The van der Waals surface area contributed by atoms with E-state index in [2.05, 4.69) is 0 Å². The molecule has 118 valence electrons. The lowest BCUT2D eigenvalue weighted by Gasteiger charge is -2.18. The molecular weight excluding hydrogens is 334 g/mol. The molecule has 0 saturated carbocycles. The van der Waals surface area contributed by atoms with Crippen LogP contribution < -0.4 is 5.43 Å². The lowest BCUT2D eigenvalue weighted by atomic mass is 10.1. The monoisotopic (exact) mass is 347 g/mol. The van der Waals surface area contributed by atoms with Crippen LogP contribution in [-0.2, 0) is 9.84 Å². The Morgan fingerprint density at radius 1 is 1.04 bits per heavy atom. The van der Waals surface area contributed by atoms with Gasteiger partial charge in [-0.05, 0) is 37.3 Å². The third-order valence-corrected chi connectivity index (χ3v) is 5.10. The second-order valence-corrected chi connectivity index (χ2v) is 7.73. The van der Waals surface area contributed by atoms with Crippen LogP contribution in [0.2, 0.25) is 5.02 Å². The van der Waals surface area contributed by atoms with Crippen molar-refractivity contribution in [1.82, 2.24) is 4.57 Å². The van der Waals surface area contributed by atoms with Crippen molar-refractivity contribution in [2.75, 3.05) is 6.26 Å². The van der Waals surface area contributed by atoms with Crippen LogP contribution in [-0.4, -0.2) is 19.2 Å². The lowest BCUT2D eigenvalue weighted by Crippen LogP contribution is -2.20. The molecule has 0 radical (unpaired) electrons. The first-order valence-corrected chi connectivity index (χ1v) is 9.18. The Morgan fingerprint density at radius 2 is 1.70 bits per heavy atom. The minimum absolute atomic E-state index is 0.0107. The summed E-state index contributed by atoms with van der Waals surface area (Å²) in [5.74, 6) is 0. The molecule has 3 rings (SSSR count). The van der Waals surface area contributed by atoms with Crippen LogP contribution in [0.15, 0.2) is 58.4 Å². The van der Waals surface area contributed by atoms with Gasteiger partial charge in [-0.3, -0.25) is 9.36 Å². The van der Waals surface area contributed by atoms with Crippen molar-refractivity contribution in [3.63, 3.8) is 0 Å². The van der Waals surface area contributed by atoms with E-state index in [1.54, 1.807) is 34.9 Å². The zero-order chi connectivity index (χ0) is 16.8. The number of sulfone groups is 1. The molecular formula is C17H14ClNO3S. The number of hydrogen-bond donors (Lipinski definition) is 0. The summed E-state index contributed by atoms with van der Waals surface area (Å²) < 4.78 is 26.2. The van der Waals surface area contributed by atoms with Crippen LogP contribution in [0.3, 0.4) is 0 Å². The van der Waals surface area contributed by atoms with Gasteiger partial charge in [0.2, 0.25) is 0 Å². The average molecular weight is 348 g/mol. The largest absolute Gasteiger partial charge is 0.300 e. The molecule has 0 amide bonds. The molecule has 4 nitrogen and oxygen atoms in total. The van der Waals surface area contributed by atoms with E-state index in [-0.39, 0.29) is 16.0 Å². The zero-order valence-electron chi connectivity index (χ0n) is 12.6. The SMILES string of the molecule is Cc1c(S(C)(=O)=O)n(-c2ccccc2)c2cc(Cl)ccc2c1=O. The summed E-state index contributed by atoms with van der Waals surface area (Å²) in [6, 6.07) is 13.9. The minimum atomic E-state index is -3.62.